The summed E-state index contributed by atoms with van der Waals surface area (Å²) in [6.45, 7) is 2.04. The molecule has 1 unspecified atom stereocenters. The van der Waals surface area contributed by atoms with Crippen molar-refractivity contribution < 1.29 is 4.79 Å². The highest BCUT2D eigenvalue weighted by atomic mass is 35.5. The summed E-state index contributed by atoms with van der Waals surface area (Å²) in [6, 6.07) is 0.158. The number of rotatable bonds is 5. The normalized spacial score (nSPS) is 19.6. The molecule has 1 atom stereocenters. The van der Waals surface area contributed by atoms with Gasteiger partial charge in [0.15, 0.2) is 0 Å². The van der Waals surface area contributed by atoms with Crippen LogP contribution in [0, 0.1) is 5.92 Å². The van der Waals surface area contributed by atoms with Crippen LogP contribution in [0.5, 0.6) is 0 Å². The molecule has 82 valence electrons. The van der Waals surface area contributed by atoms with Crippen LogP contribution in [0.2, 0.25) is 0 Å². The predicted molar refractivity (Wildman–Crippen MR) is 59.5 cm³/mol. The first-order valence-electron chi connectivity index (χ1n) is 5.61. The Morgan fingerprint density at radius 2 is 2.14 bits per heavy atom. The third-order valence-electron chi connectivity index (χ3n) is 2.99. The van der Waals surface area contributed by atoms with Crippen molar-refractivity contribution >= 4 is 17.5 Å². The van der Waals surface area contributed by atoms with Crippen molar-refractivity contribution in [1.82, 2.24) is 5.32 Å². The third-order valence-corrected chi connectivity index (χ3v) is 3.37. The van der Waals surface area contributed by atoms with E-state index in [9.17, 15) is 4.79 Å². The standard InChI is InChI=1S/C11H20ClNO/c1-2-10(8-12)13-11(14)7-9-5-3-4-6-9/h9-10H,2-8H2,1H3,(H,13,14). The number of alkyl halides is 1. The molecule has 14 heavy (non-hydrogen) atoms. The van der Waals surface area contributed by atoms with Gasteiger partial charge in [0.1, 0.15) is 0 Å². The minimum Gasteiger partial charge on any atom is -0.352 e. The number of hydrogen-bond donors (Lipinski definition) is 1. The smallest absolute Gasteiger partial charge is 0.220 e. The summed E-state index contributed by atoms with van der Waals surface area (Å²) < 4.78 is 0. The average molecular weight is 218 g/mol. The van der Waals surface area contributed by atoms with Gasteiger partial charge in [-0.15, -0.1) is 11.6 Å². The molecule has 1 fully saturated rings. The SMILES string of the molecule is CCC(CCl)NC(=O)CC1CCCC1. The monoisotopic (exact) mass is 217 g/mol. The van der Waals surface area contributed by atoms with Crippen LogP contribution in [0.15, 0.2) is 0 Å². The molecular formula is C11H20ClNO. The molecule has 1 amide bonds. The molecule has 1 N–H and O–H groups in total. The van der Waals surface area contributed by atoms with Crippen molar-refractivity contribution in [3.63, 3.8) is 0 Å². The summed E-state index contributed by atoms with van der Waals surface area (Å²) in [5.41, 5.74) is 0. The summed E-state index contributed by atoms with van der Waals surface area (Å²) >= 11 is 5.71. The van der Waals surface area contributed by atoms with E-state index in [0.29, 0.717) is 18.2 Å². The van der Waals surface area contributed by atoms with Gasteiger partial charge in [0.25, 0.3) is 0 Å². The first-order chi connectivity index (χ1) is 6.76. The van der Waals surface area contributed by atoms with E-state index in [-0.39, 0.29) is 11.9 Å². The fourth-order valence-electron chi connectivity index (χ4n) is 2.01. The zero-order valence-corrected chi connectivity index (χ0v) is 9.65. The zero-order valence-electron chi connectivity index (χ0n) is 8.89. The summed E-state index contributed by atoms with van der Waals surface area (Å²) in [4.78, 5) is 11.6. The number of carbonyl (C=O) groups is 1. The van der Waals surface area contributed by atoms with Gasteiger partial charge in [-0.25, -0.2) is 0 Å². The van der Waals surface area contributed by atoms with Gasteiger partial charge in [-0.1, -0.05) is 19.8 Å². The van der Waals surface area contributed by atoms with Crippen LogP contribution in [0.25, 0.3) is 0 Å². The van der Waals surface area contributed by atoms with Gasteiger partial charge in [0, 0.05) is 18.3 Å². The van der Waals surface area contributed by atoms with Crippen LogP contribution < -0.4 is 5.32 Å². The Morgan fingerprint density at radius 1 is 1.50 bits per heavy atom. The Kier molecular flexibility index (Phi) is 5.31. The third kappa shape index (κ3) is 3.87. The minimum absolute atomic E-state index is 0.158. The van der Waals surface area contributed by atoms with Crippen LogP contribution in [0.1, 0.15) is 45.4 Å². The Morgan fingerprint density at radius 3 is 2.64 bits per heavy atom. The Balaban J connectivity index is 2.20. The van der Waals surface area contributed by atoms with Gasteiger partial charge in [0.05, 0.1) is 0 Å². The Labute approximate surface area is 91.4 Å². The molecule has 3 heteroatoms. The molecule has 0 aliphatic heterocycles. The average Bonchev–Trinajstić information content (AvgIpc) is 2.66. The second-order valence-corrected chi connectivity index (χ2v) is 4.49. The number of carbonyl (C=O) groups excluding carboxylic acids is 1. The van der Waals surface area contributed by atoms with Gasteiger partial charge in [-0.2, -0.15) is 0 Å². The topological polar surface area (TPSA) is 29.1 Å². The van der Waals surface area contributed by atoms with E-state index in [0.717, 1.165) is 6.42 Å². The van der Waals surface area contributed by atoms with Gasteiger partial charge in [0.2, 0.25) is 5.91 Å². The Hall–Kier alpha value is -0.240. The summed E-state index contributed by atoms with van der Waals surface area (Å²) in [5.74, 6) is 1.33. The van der Waals surface area contributed by atoms with Gasteiger partial charge >= 0.3 is 0 Å². The number of nitrogens with one attached hydrogen (secondary N) is 1. The highest BCUT2D eigenvalue weighted by molar-refractivity contribution is 6.18. The van der Waals surface area contributed by atoms with E-state index in [1.165, 1.54) is 25.7 Å². The van der Waals surface area contributed by atoms with E-state index in [2.05, 4.69) is 5.32 Å². The molecule has 2 nitrogen and oxygen atoms in total. The number of amides is 1. The van der Waals surface area contributed by atoms with Crippen LogP contribution in [-0.2, 0) is 4.79 Å². The highest BCUT2D eigenvalue weighted by Gasteiger charge is 2.19. The van der Waals surface area contributed by atoms with E-state index in [1.807, 2.05) is 6.92 Å². The molecule has 0 aromatic heterocycles. The second-order valence-electron chi connectivity index (χ2n) is 4.18. The van der Waals surface area contributed by atoms with Crippen LogP contribution in [-0.4, -0.2) is 17.8 Å². The summed E-state index contributed by atoms with van der Waals surface area (Å²) in [5, 5.41) is 2.97. The molecule has 0 bridgehead atoms. The molecule has 0 saturated heterocycles. The molecule has 1 aliphatic carbocycles. The lowest BCUT2D eigenvalue weighted by Gasteiger charge is -2.15. The lowest BCUT2D eigenvalue weighted by atomic mass is 10.0. The van der Waals surface area contributed by atoms with Crippen LogP contribution in [0.3, 0.4) is 0 Å². The fraction of sp³-hybridized carbons (Fsp3) is 0.909. The lowest BCUT2D eigenvalue weighted by molar-refractivity contribution is -0.122. The molecule has 0 aromatic carbocycles. The van der Waals surface area contributed by atoms with E-state index < -0.39 is 0 Å². The molecule has 1 aliphatic rings. The first kappa shape index (κ1) is 11.8. The van der Waals surface area contributed by atoms with Gasteiger partial charge in [-0.3, -0.25) is 4.79 Å². The maximum absolute atomic E-state index is 11.6. The molecular weight excluding hydrogens is 198 g/mol. The van der Waals surface area contributed by atoms with Gasteiger partial charge in [-0.05, 0) is 25.2 Å². The fourth-order valence-corrected chi connectivity index (χ4v) is 2.31. The van der Waals surface area contributed by atoms with Crippen molar-refractivity contribution in [1.29, 1.82) is 0 Å². The van der Waals surface area contributed by atoms with Crippen LogP contribution in [0.4, 0.5) is 0 Å². The van der Waals surface area contributed by atoms with E-state index in [4.69, 9.17) is 11.6 Å². The Bertz CT molecular complexity index is 168. The predicted octanol–water partition coefficient (Wildman–Crippen LogP) is 2.70. The highest BCUT2D eigenvalue weighted by Crippen LogP contribution is 2.27. The zero-order chi connectivity index (χ0) is 10.4. The van der Waals surface area contributed by atoms with Crippen molar-refractivity contribution in [3.05, 3.63) is 0 Å². The number of hydrogen-bond acceptors (Lipinski definition) is 1. The first-order valence-corrected chi connectivity index (χ1v) is 6.15. The quantitative estimate of drug-likeness (QED) is 0.705. The van der Waals surface area contributed by atoms with E-state index in [1.54, 1.807) is 0 Å². The molecule has 1 saturated carbocycles. The molecule has 0 radical (unpaired) electrons. The number of halogens is 1. The summed E-state index contributed by atoms with van der Waals surface area (Å²) in [7, 11) is 0. The molecule has 1 rings (SSSR count). The van der Waals surface area contributed by atoms with E-state index >= 15 is 0 Å². The maximum atomic E-state index is 11.6. The minimum atomic E-state index is 0.158. The lowest BCUT2D eigenvalue weighted by Crippen LogP contribution is -2.36. The molecule has 0 heterocycles. The largest absolute Gasteiger partial charge is 0.352 e. The van der Waals surface area contributed by atoms with Crippen molar-refractivity contribution in [2.75, 3.05) is 5.88 Å². The second kappa shape index (κ2) is 6.28. The molecule has 0 aromatic rings. The van der Waals surface area contributed by atoms with Crippen molar-refractivity contribution in [3.8, 4) is 0 Å². The van der Waals surface area contributed by atoms with Crippen LogP contribution >= 0.6 is 11.6 Å². The van der Waals surface area contributed by atoms with Crippen molar-refractivity contribution in [2.45, 2.75) is 51.5 Å². The van der Waals surface area contributed by atoms with Gasteiger partial charge < -0.3 is 5.32 Å². The maximum Gasteiger partial charge on any atom is 0.220 e. The molecule has 0 spiro atoms. The summed E-state index contributed by atoms with van der Waals surface area (Å²) in [6.07, 6.45) is 6.67. The van der Waals surface area contributed by atoms with Crippen molar-refractivity contribution in [2.24, 2.45) is 5.92 Å².